The zero-order valence-corrected chi connectivity index (χ0v) is 20.3. The van der Waals surface area contributed by atoms with Gasteiger partial charge < -0.3 is 24.6 Å². The fourth-order valence-corrected chi connectivity index (χ4v) is 4.48. The third-order valence-corrected chi connectivity index (χ3v) is 6.15. The maximum absolute atomic E-state index is 13.9. The van der Waals surface area contributed by atoms with E-state index in [-0.39, 0.29) is 0 Å². The lowest BCUT2D eigenvalue weighted by Crippen LogP contribution is -2.26. The summed E-state index contributed by atoms with van der Waals surface area (Å²) in [4.78, 5) is 18.1. The molecule has 10 heteroatoms. The summed E-state index contributed by atoms with van der Waals surface area (Å²) in [5.74, 6) is 1.75. The largest absolute Gasteiger partial charge is 0.497 e. The first kappa shape index (κ1) is 22.9. The van der Waals surface area contributed by atoms with Crippen LogP contribution in [0.25, 0.3) is 10.9 Å². The first-order valence-corrected chi connectivity index (χ1v) is 11.4. The fraction of sp³-hybridized carbons (Fsp3) is 0.240. The number of fused-ring (bicyclic) bond motifs is 1. The van der Waals surface area contributed by atoms with E-state index in [9.17, 15) is 4.39 Å². The number of pyridine rings is 1. The number of nitrogens with one attached hydrogen (secondary N) is 1. The molecule has 2 aromatic carbocycles. The van der Waals surface area contributed by atoms with E-state index in [1.165, 1.54) is 19.2 Å². The van der Waals surface area contributed by atoms with Crippen molar-refractivity contribution in [3.63, 3.8) is 0 Å². The number of ether oxygens (including phenoxy) is 2. The van der Waals surface area contributed by atoms with Gasteiger partial charge in [0.25, 0.3) is 0 Å². The highest BCUT2D eigenvalue weighted by atomic mass is 35.5. The molecule has 0 radical (unpaired) electrons. The molecule has 1 saturated heterocycles. The van der Waals surface area contributed by atoms with Crippen LogP contribution < -0.4 is 24.6 Å². The van der Waals surface area contributed by atoms with Crippen LogP contribution in [0.15, 0.2) is 48.7 Å². The van der Waals surface area contributed by atoms with Crippen LogP contribution in [0.5, 0.6) is 11.5 Å². The van der Waals surface area contributed by atoms with Gasteiger partial charge >= 0.3 is 0 Å². The smallest absolute Gasteiger partial charge is 0.229 e. The van der Waals surface area contributed by atoms with Gasteiger partial charge in [0, 0.05) is 59.9 Å². The van der Waals surface area contributed by atoms with Gasteiger partial charge in [-0.05, 0) is 31.2 Å². The van der Waals surface area contributed by atoms with Crippen molar-refractivity contribution in [1.82, 2.24) is 15.0 Å². The van der Waals surface area contributed by atoms with Crippen molar-refractivity contribution in [3.05, 3.63) is 65.2 Å². The molecule has 0 atom stereocenters. The highest BCUT2D eigenvalue weighted by Crippen LogP contribution is 2.37. The number of hydrogen-bond donors (Lipinski definition) is 1. The van der Waals surface area contributed by atoms with Crippen molar-refractivity contribution in [2.24, 2.45) is 0 Å². The molecular weight excluding hydrogens is 471 g/mol. The number of aromatic nitrogens is 3. The molecule has 1 N–H and O–H groups in total. The normalized spacial score (nSPS) is 13.4. The molecular formula is C25H24ClFN6O2. The second-order valence-electron chi connectivity index (χ2n) is 8.17. The molecule has 0 spiro atoms. The topological polar surface area (TPSA) is 75.6 Å². The minimum atomic E-state index is -0.405. The molecule has 35 heavy (non-hydrogen) atoms. The van der Waals surface area contributed by atoms with Crippen LogP contribution in [0.2, 0.25) is 5.02 Å². The van der Waals surface area contributed by atoms with E-state index in [0.717, 1.165) is 41.2 Å². The van der Waals surface area contributed by atoms with Crippen LogP contribution >= 0.6 is 11.6 Å². The average molecular weight is 495 g/mol. The van der Waals surface area contributed by atoms with Gasteiger partial charge in [0.2, 0.25) is 5.95 Å². The van der Waals surface area contributed by atoms with Gasteiger partial charge in [-0.1, -0.05) is 11.6 Å². The number of rotatable bonds is 6. The minimum Gasteiger partial charge on any atom is -0.497 e. The predicted molar refractivity (Wildman–Crippen MR) is 136 cm³/mol. The van der Waals surface area contributed by atoms with Crippen molar-refractivity contribution >= 4 is 45.6 Å². The summed E-state index contributed by atoms with van der Waals surface area (Å²) in [5.41, 5.74) is 3.08. The number of benzene rings is 2. The standard InChI is InChI=1S/C25H24ClFN6O2/c1-15-10-22(31-25(29-15)30-17-11-16(27)12-18(13-17)34-2)33-9-8-32(14-33)21-6-7-28-23-19(21)4-5-20(26)24(23)35-3/h4-7,10-13H,8-9,14H2,1-3H3,(H,29,30,31). The highest BCUT2D eigenvalue weighted by Gasteiger charge is 2.24. The van der Waals surface area contributed by atoms with Gasteiger partial charge in [-0.3, -0.25) is 4.98 Å². The van der Waals surface area contributed by atoms with E-state index >= 15 is 0 Å². The first-order chi connectivity index (χ1) is 16.9. The summed E-state index contributed by atoms with van der Waals surface area (Å²) in [5, 5.41) is 4.59. The van der Waals surface area contributed by atoms with Gasteiger partial charge in [0.15, 0.2) is 5.75 Å². The van der Waals surface area contributed by atoms with Crippen molar-refractivity contribution < 1.29 is 13.9 Å². The lowest BCUT2D eigenvalue weighted by Gasteiger charge is -2.22. The molecule has 0 unspecified atom stereocenters. The Morgan fingerprint density at radius 1 is 1.00 bits per heavy atom. The summed E-state index contributed by atoms with van der Waals surface area (Å²) in [6, 6.07) is 12.1. The zero-order valence-electron chi connectivity index (χ0n) is 19.5. The average Bonchev–Trinajstić information content (AvgIpc) is 3.33. The second-order valence-corrected chi connectivity index (χ2v) is 8.58. The van der Waals surface area contributed by atoms with Crippen molar-refractivity contribution in [2.75, 3.05) is 49.1 Å². The predicted octanol–water partition coefficient (Wildman–Crippen LogP) is 5.17. The molecule has 180 valence electrons. The van der Waals surface area contributed by atoms with Crippen LogP contribution in [0.3, 0.4) is 0 Å². The Morgan fingerprint density at radius 2 is 1.83 bits per heavy atom. The van der Waals surface area contributed by atoms with Crippen molar-refractivity contribution in [1.29, 1.82) is 0 Å². The third kappa shape index (κ3) is 4.59. The third-order valence-electron chi connectivity index (χ3n) is 5.85. The molecule has 0 bridgehead atoms. The summed E-state index contributed by atoms with van der Waals surface area (Å²) in [7, 11) is 3.09. The molecule has 4 aromatic rings. The van der Waals surface area contributed by atoms with E-state index in [2.05, 4.69) is 30.1 Å². The number of anilines is 4. The number of hydrogen-bond acceptors (Lipinski definition) is 8. The molecule has 0 amide bonds. The molecule has 5 rings (SSSR count). The highest BCUT2D eigenvalue weighted by molar-refractivity contribution is 6.33. The maximum Gasteiger partial charge on any atom is 0.229 e. The van der Waals surface area contributed by atoms with Crippen LogP contribution in [0.4, 0.5) is 27.5 Å². The fourth-order valence-electron chi connectivity index (χ4n) is 4.25. The number of methoxy groups -OCH3 is 2. The van der Waals surface area contributed by atoms with Crippen molar-refractivity contribution in [2.45, 2.75) is 6.92 Å². The zero-order chi connectivity index (χ0) is 24.5. The molecule has 1 fully saturated rings. The van der Waals surface area contributed by atoms with Crippen molar-refractivity contribution in [3.8, 4) is 11.5 Å². The van der Waals surface area contributed by atoms with E-state index < -0.39 is 5.82 Å². The van der Waals surface area contributed by atoms with Gasteiger partial charge in [0.1, 0.15) is 22.9 Å². The molecule has 1 aliphatic rings. The summed E-state index contributed by atoms with van der Waals surface area (Å²) >= 11 is 6.30. The van der Waals surface area contributed by atoms with Gasteiger partial charge in [-0.2, -0.15) is 4.98 Å². The lowest BCUT2D eigenvalue weighted by atomic mass is 10.1. The molecule has 0 aliphatic carbocycles. The summed E-state index contributed by atoms with van der Waals surface area (Å²) in [6.45, 7) is 4.12. The molecule has 0 saturated carbocycles. The number of halogens is 2. The summed E-state index contributed by atoms with van der Waals surface area (Å²) < 4.78 is 24.6. The van der Waals surface area contributed by atoms with Crippen LogP contribution in [0.1, 0.15) is 5.69 Å². The van der Waals surface area contributed by atoms with E-state index in [1.54, 1.807) is 19.4 Å². The van der Waals surface area contributed by atoms with Crippen LogP contribution in [-0.4, -0.2) is 48.9 Å². The molecule has 3 heterocycles. The van der Waals surface area contributed by atoms with E-state index in [0.29, 0.717) is 34.8 Å². The van der Waals surface area contributed by atoms with E-state index in [4.69, 9.17) is 21.1 Å². The first-order valence-electron chi connectivity index (χ1n) is 11.0. The monoisotopic (exact) mass is 494 g/mol. The Morgan fingerprint density at radius 3 is 2.63 bits per heavy atom. The Labute approximate surface area is 207 Å². The van der Waals surface area contributed by atoms with Gasteiger partial charge in [0.05, 0.1) is 25.9 Å². The van der Waals surface area contributed by atoms with Gasteiger partial charge in [-0.25, -0.2) is 9.37 Å². The number of nitrogens with zero attached hydrogens (tertiary/aromatic N) is 5. The quantitative estimate of drug-likeness (QED) is 0.393. The second kappa shape index (κ2) is 9.42. The maximum atomic E-state index is 13.9. The Kier molecular flexibility index (Phi) is 6.17. The minimum absolute atomic E-state index is 0.389. The SMILES string of the molecule is COc1cc(F)cc(Nc2nc(C)cc(N3CCN(c4ccnc5c(OC)c(Cl)ccc45)C3)n2)c1. The molecule has 2 aromatic heterocycles. The number of aryl methyl sites for hydroxylation is 1. The van der Waals surface area contributed by atoms with Gasteiger partial charge in [-0.15, -0.1) is 0 Å². The summed E-state index contributed by atoms with van der Waals surface area (Å²) in [6.07, 6.45) is 1.77. The van der Waals surface area contributed by atoms with E-state index in [1.807, 2.05) is 31.2 Å². The Bertz CT molecular complexity index is 1400. The van der Waals surface area contributed by atoms with Crippen LogP contribution in [0, 0.1) is 12.7 Å². The van der Waals surface area contributed by atoms with Crippen LogP contribution in [-0.2, 0) is 0 Å². The molecule has 1 aliphatic heterocycles. The Balaban J connectivity index is 1.41. The lowest BCUT2D eigenvalue weighted by molar-refractivity contribution is 0.411. The molecule has 8 nitrogen and oxygen atoms in total. The Hall–Kier alpha value is -3.85.